The SMILES string of the molecule is CCCCC(CC)COC(=O)c1ccccc1C(=O)OCC(CC)CCCC.CO.COCC(C)O. The van der Waals surface area contributed by atoms with Gasteiger partial charge in [-0.15, -0.1) is 0 Å². The molecule has 0 radical (unpaired) electrons. The number of methoxy groups -OCH3 is 1. The number of aliphatic hydroxyl groups is 2. The Morgan fingerprint density at radius 2 is 1.17 bits per heavy atom. The molecule has 0 saturated heterocycles. The fourth-order valence-corrected chi connectivity index (χ4v) is 3.42. The zero-order valence-electron chi connectivity index (χ0n) is 23.8. The minimum absolute atomic E-state index is 0.291. The summed E-state index contributed by atoms with van der Waals surface area (Å²) in [6.45, 7) is 11.5. The summed E-state index contributed by atoms with van der Waals surface area (Å²) in [5.41, 5.74) is 0.582. The van der Waals surface area contributed by atoms with Crippen molar-refractivity contribution >= 4 is 11.9 Å². The Kier molecular flexibility index (Phi) is 24.9. The van der Waals surface area contributed by atoms with Gasteiger partial charge in [-0.05, 0) is 43.7 Å². The highest BCUT2D eigenvalue weighted by atomic mass is 16.5. The third kappa shape index (κ3) is 17.5. The average molecular weight is 513 g/mol. The number of ether oxygens (including phenoxy) is 3. The second-order valence-corrected chi connectivity index (χ2v) is 8.88. The van der Waals surface area contributed by atoms with E-state index in [0.29, 0.717) is 42.8 Å². The van der Waals surface area contributed by atoms with Crippen LogP contribution in [0.25, 0.3) is 0 Å². The number of esters is 2. The maximum Gasteiger partial charge on any atom is 0.339 e. The number of benzene rings is 1. The first kappa shape index (κ1) is 36.2. The molecule has 7 nitrogen and oxygen atoms in total. The molecular weight excluding hydrogens is 460 g/mol. The summed E-state index contributed by atoms with van der Waals surface area (Å²) in [5.74, 6) is -0.153. The van der Waals surface area contributed by atoms with E-state index >= 15 is 0 Å². The van der Waals surface area contributed by atoms with Gasteiger partial charge in [0.25, 0.3) is 0 Å². The van der Waals surface area contributed by atoms with Crippen molar-refractivity contribution in [3.05, 3.63) is 35.4 Å². The zero-order chi connectivity index (χ0) is 27.8. The number of carbonyl (C=O) groups is 2. The summed E-state index contributed by atoms with van der Waals surface area (Å²) in [6.07, 6.45) is 8.29. The molecule has 210 valence electrons. The van der Waals surface area contributed by atoms with E-state index in [9.17, 15) is 9.59 Å². The van der Waals surface area contributed by atoms with Crippen LogP contribution >= 0.6 is 0 Å². The second kappa shape index (κ2) is 24.7. The molecule has 0 aliphatic carbocycles. The lowest BCUT2D eigenvalue weighted by Crippen LogP contribution is -2.19. The maximum atomic E-state index is 12.6. The van der Waals surface area contributed by atoms with Crippen LogP contribution in [0.15, 0.2) is 24.3 Å². The van der Waals surface area contributed by atoms with Crippen molar-refractivity contribution in [2.75, 3.05) is 34.0 Å². The molecule has 1 rings (SSSR count). The van der Waals surface area contributed by atoms with E-state index in [4.69, 9.17) is 19.7 Å². The fraction of sp³-hybridized carbons (Fsp3) is 0.724. The highest BCUT2D eigenvalue weighted by Gasteiger charge is 2.21. The molecular formula is C29H52O7. The van der Waals surface area contributed by atoms with E-state index in [2.05, 4.69) is 32.4 Å². The van der Waals surface area contributed by atoms with Crippen LogP contribution in [0.4, 0.5) is 0 Å². The number of carbonyl (C=O) groups excluding carboxylic acids is 2. The van der Waals surface area contributed by atoms with Gasteiger partial charge >= 0.3 is 11.9 Å². The van der Waals surface area contributed by atoms with Crippen LogP contribution < -0.4 is 0 Å². The number of hydrogen-bond acceptors (Lipinski definition) is 7. The molecule has 0 spiro atoms. The van der Waals surface area contributed by atoms with Crippen molar-refractivity contribution in [3.63, 3.8) is 0 Å². The van der Waals surface area contributed by atoms with Crippen LogP contribution in [0.1, 0.15) is 107 Å². The Morgan fingerprint density at radius 1 is 0.778 bits per heavy atom. The van der Waals surface area contributed by atoms with Crippen molar-refractivity contribution in [2.24, 2.45) is 11.8 Å². The zero-order valence-corrected chi connectivity index (χ0v) is 23.8. The Labute approximate surface area is 219 Å². The number of rotatable bonds is 16. The smallest absolute Gasteiger partial charge is 0.339 e. The summed E-state index contributed by atoms with van der Waals surface area (Å²) in [6, 6.07) is 6.77. The second-order valence-electron chi connectivity index (χ2n) is 8.88. The quantitative estimate of drug-likeness (QED) is 0.260. The van der Waals surface area contributed by atoms with E-state index < -0.39 is 11.9 Å². The predicted octanol–water partition coefficient (Wildman–Crippen LogP) is 6.06. The molecule has 7 heteroatoms. The minimum Gasteiger partial charge on any atom is -0.462 e. The van der Waals surface area contributed by atoms with Gasteiger partial charge < -0.3 is 24.4 Å². The summed E-state index contributed by atoms with van der Waals surface area (Å²) >= 11 is 0. The van der Waals surface area contributed by atoms with Crippen LogP contribution in [-0.2, 0) is 14.2 Å². The largest absolute Gasteiger partial charge is 0.462 e. The van der Waals surface area contributed by atoms with Crippen molar-refractivity contribution in [2.45, 2.75) is 92.1 Å². The monoisotopic (exact) mass is 512 g/mol. The molecule has 1 aromatic carbocycles. The molecule has 0 saturated carbocycles. The van der Waals surface area contributed by atoms with Crippen molar-refractivity contribution in [1.82, 2.24) is 0 Å². The average Bonchev–Trinajstić information content (AvgIpc) is 2.90. The summed E-state index contributed by atoms with van der Waals surface area (Å²) < 4.78 is 15.6. The summed E-state index contributed by atoms with van der Waals surface area (Å²) in [5, 5.41) is 15.4. The van der Waals surface area contributed by atoms with Crippen LogP contribution in [0.5, 0.6) is 0 Å². The molecule has 3 unspecified atom stereocenters. The first-order valence-electron chi connectivity index (χ1n) is 13.4. The first-order chi connectivity index (χ1) is 17.3. The van der Waals surface area contributed by atoms with Crippen LogP contribution in [0.2, 0.25) is 0 Å². The fourth-order valence-electron chi connectivity index (χ4n) is 3.42. The third-order valence-corrected chi connectivity index (χ3v) is 5.76. The Balaban J connectivity index is 0. The summed E-state index contributed by atoms with van der Waals surface area (Å²) in [7, 11) is 2.56. The van der Waals surface area contributed by atoms with Crippen molar-refractivity contribution in [3.8, 4) is 0 Å². The van der Waals surface area contributed by atoms with Crippen molar-refractivity contribution in [1.29, 1.82) is 0 Å². The van der Waals surface area contributed by atoms with Gasteiger partial charge in [0.05, 0.1) is 37.1 Å². The van der Waals surface area contributed by atoms with E-state index in [0.717, 1.165) is 58.5 Å². The molecule has 2 N–H and O–H groups in total. The molecule has 36 heavy (non-hydrogen) atoms. The molecule has 0 aromatic heterocycles. The molecule has 1 aromatic rings. The minimum atomic E-state index is -0.444. The molecule has 0 bridgehead atoms. The van der Waals surface area contributed by atoms with Gasteiger partial charge in [0.2, 0.25) is 0 Å². The van der Waals surface area contributed by atoms with Gasteiger partial charge in [0.15, 0.2) is 0 Å². The normalized spacial score (nSPS) is 12.7. The molecule has 0 aliphatic heterocycles. The highest BCUT2D eigenvalue weighted by molar-refractivity contribution is 6.03. The lowest BCUT2D eigenvalue weighted by molar-refractivity contribution is 0.0381. The maximum absolute atomic E-state index is 12.6. The standard InChI is InChI=1S/C24H38O4.C4H10O2.CH4O/c1-5-9-13-19(7-3)17-27-23(25)21-15-11-12-16-22(21)24(26)28-18-20(8-4)14-10-6-2;1-4(5)3-6-2;1-2/h11-12,15-16,19-20H,5-10,13-14,17-18H2,1-4H3;4-5H,3H2,1-2H3;2H,1H3. The Morgan fingerprint density at radius 3 is 1.42 bits per heavy atom. The molecule has 0 heterocycles. The van der Waals surface area contributed by atoms with E-state index in [1.807, 2.05) is 0 Å². The van der Waals surface area contributed by atoms with E-state index in [1.54, 1.807) is 38.3 Å². The van der Waals surface area contributed by atoms with Gasteiger partial charge in [-0.2, -0.15) is 0 Å². The molecule has 3 atom stereocenters. The van der Waals surface area contributed by atoms with Gasteiger partial charge in [-0.1, -0.05) is 78.4 Å². The number of aliphatic hydroxyl groups excluding tert-OH is 2. The lowest BCUT2D eigenvalue weighted by Gasteiger charge is -2.17. The van der Waals surface area contributed by atoms with Gasteiger partial charge in [0.1, 0.15) is 0 Å². The molecule has 0 fully saturated rings. The van der Waals surface area contributed by atoms with E-state index in [1.165, 1.54) is 0 Å². The topological polar surface area (TPSA) is 102 Å². The first-order valence-corrected chi connectivity index (χ1v) is 13.4. The lowest BCUT2D eigenvalue weighted by atomic mass is 10.0. The van der Waals surface area contributed by atoms with Crippen LogP contribution in [0, 0.1) is 11.8 Å². The predicted molar refractivity (Wildman–Crippen MR) is 145 cm³/mol. The summed E-state index contributed by atoms with van der Waals surface area (Å²) in [4.78, 5) is 25.1. The number of hydrogen-bond donors (Lipinski definition) is 2. The third-order valence-electron chi connectivity index (χ3n) is 5.76. The van der Waals surface area contributed by atoms with E-state index in [-0.39, 0.29) is 6.10 Å². The Bertz CT molecular complexity index is 610. The van der Waals surface area contributed by atoms with Gasteiger partial charge in [0, 0.05) is 14.2 Å². The molecule has 0 amide bonds. The van der Waals surface area contributed by atoms with Gasteiger partial charge in [-0.3, -0.25) is 0 Å². The number of unbranched alkanes of at least 4 members (excludes halogenated alkanes) is 2. The van der Waals surface area contributed by atoms with Crippen molar-refractivity contribution < 1.29 is 34.0 Å². The van der Waals surface area contributed by atoms with Crippen LogP contribution in [-0.4, -0.2) is 62.3 Å². The molecule has 0 aliphatic rings. The van der Waals surface area contributed by atoms with Crippen LogP contribution in [0.3, 0.4) is 0 Å². The van der Waals surface area contributed by atoms with Gasteiger partial charge in [-0.25, -0.2) is 9.59 Å². The highest BCUT2D eigenvalue weighted by Crippen LogP contribution is 2.18. The Hall–Kier alpha value is -1.96.